The molecule has 0 atom stereocenters. The van der Waals surface area contributed by atoms with Crippen molar-refractivity contribution in [3.8, 4) is 17.0 Å². The zero-order valence-electron chi connectivity index (χ0n) is 15.7. The Labute approximate surface area is 173 Å². The number of ketones is 1. The number of methoxy groups -OCH3 is 1. The van der Waals surface area contributed by atoms with Gasteiger partial charge in [-0.1, -0.05) is 19.1 Å². The van der Waals surface area contributed by atoms with Crippen LogP contribution in [0.25, 0.3) is 22.2 Å². The second kappa shape index (κ2) is 10.6. The number of carbonyl (C=O) groups is 1. The van der Waals surface area contributed by atoms with E-state index in [2.05, 4.69) is 30.1 Å². The molecule has 1 radical (unpaired) electrons. The van der Waals surface area contributed by atoms with Gasteiger partial charge in [0, 0.05) is 31.6 Å². The first-order valence-electron chi connectivity index (χ1n) is 8.20. The van der Waals surface area contributed by atoms with E-state index in [0.29, 0.717) is 0 Å². The molecule has 2 aromatic carbocycles. The zero-order valence-corrected chi connectivity index (χ0v) is 18.1. The van der Waals surface area contributed by atoms with E-state index in [0.717, 1.165) is 27.9 Å². The third kappa shape index (κ3) is 6.97. The van der Waals surface area contributed by atoms with Crippen molar-refractivity contribution in [1.29, 1.82) is 0 Å². The van der Waals surface area contributed by atoms with E-state index in [4.69, 9.17) is 9.84 Å². The summed E-state index contributed by atoms with van der Waals surface area (Å²) in [6.07, 6.45) is 1.17. The predicted octanol–water partition coefficient (Wildman–Crippen LogP) is 5.05. The summed E-state index contributed by atoms with van der Waals surface area (Å²) < 4.78 is 5.22. The number of aromatic nitrogens is 1. The molecule has 0 amide bonds. The molecule has 27 heavy (non-hydrogen) atoms. The van der Waals surface area contributed by atoms with Crippen molar-refractivity contribution in [3.63, 3.8) is 0 Å². The van der Waals surface area contributed by atoms with E-state index < -0.39 is 0 Å². The van der Waals surface area contributed by atoms with E-state index in [1.807, 2.05) is 36.4 Å². The molecule has 0 fully saturated rings. The summed E-state index contributed by atoms with van der Waals surface area (Å²) in [4.78, 5) is 14.7. The summed E-state index contributed by atoms with van der Waals surface area (Å²) in [6, 6.07) is 19.3. The molecule has 143 valence electrons. The molecular formula is C22H22IrNO3-. The second-order valence-corrected chi connectivity index (χ2v) is 5.93. The van der Waals surface area contributed by atoms with Crippen molar-refractivity contribution in [1.82, 2.24) is 4.98 Å². The normalized spacial score (nSPS) is 10.4. The van der Waals surface area contributed by atoms with Crippen LogP contribution < -0.4 is 4.74 Å². The third-order valence-corrected chi connectivity index (χ3v) is 3.54. The summed E-state index contributed by atoms with van der Waals surface area (Å²) >= 11 is 0. The van der Waals surface area contributed by atoms with Crippen LogP contribution >= 0.6 is 0 Å². The minimum Gasteiger partial charge on any atom is -0.512 e. The fourth-order valence-corrected chi connectivity index (χ4v) is 2.40. The standard InChI is InChI=1S/C17H14NO.C5H8O2.Ir/c1-12-4-3-5-13(10-12)16-8-6-14-11-15(19-2)7-9-17(14)18-16;1-4(6)3-5(2)7;/h3-4,6-11H,1-2H3;3,6H,1-2H3;/q-1;;/b;4-3-;. The minimum absolute atomic E-state index is 0. The monoisotopic (exact) mass is 541 g/mol. The summed E-state index contributed by atoms with van der Waals surface area (Å²) in [5.74, 6) is 0.789. The van der Waals surface area contributed by atoms with Gasteiger partial charge < -0.3 is 9.84 Å². The Bertz CT molecular complexity index is 947. The van der Waals surface area contributed by atoms with Gasteiger partial charge in [-0.3, -0.25) is 9.78 Å². The Hall–Kier alpha value is -2.49. The number of aliphatic hydroxyl groups excluding tert-OH is 1. The number of pyridine rings is 1. The molecule has 0 bridgehead atoms. The van der Waals surface area contributed by atoms with Crippen LogP contribution in [-0.4, -0.2) is 23.0 Å². The van der Waals surface area contributed by atoms with Crippen LogP contribution in [0, 0.1) is 13.0 Å². The molecule has 3 rings (SSSR count). The van der Waals surface area contributed by atoms with Crippen LogP contribution in [0.5, 0.6) is 5.75 Å². The maximum absolute atomic E-state index is 10.0. The Morgan fingerprint density at radius 3 is 2.44 bits per heavy atom. The second-order valence-electron chi connectivity index (χ2n) is 5.93. The number of hydrogen-bond acceptors (Lipinski definition) is 4. The number of ether oxygens (including phenoxy) is 1. The molecule has 0 unspecified atom stereocenters. The zero-order chi connectivity index (χ0) is 19.1. The third-order valence-electron chi connectivity index (χ3n) is 3.54. The van der Waals surface area contributed by atoms with Crippen molar-refractivity contribution in [3.05, 3.63) is 72.0 Å². The molecule has 4 nitrogen and oxygen atoms in total. The number of carbonyl (C=O) groups excluding carboxylic acids is 1. The first kappa shape index (κ1) is 22.6. The maximum atomic E-state index is 10.0. The summed E-state index contributed by atoms with van der Waals surface area (Å²) in [7, 11) is 1.67. The van der Waals surface area contributed by atoms with Crippen LogP contribution in [0.2, 0.25) is 0 Å². The molecule has 0 aliphatic rings. The van der Waals surface area contributed by atoms with Crippen molar-refractivity contribution in [2.45, 2.75) is 20.8 Å². The molecule has 3 aromatic rings. The van der Waals surface area contributed by atoms with Gasteiger partial charge in [0.05, 0.1) is 18.4 Å². The van der Waals surface area contributed by atoms with E-state index in [1.165, 1.54) is 25.5 Å². The van der Waals surface area contributed by atoms with Gasteiger partial charge in [0.2, 0.25) is 0 Å². The van der Waals surface area contributed by atoms with Crippen molar-refractivity contribution >= 4 is 16.7 Å². The van der Waals surface area contributed by atoms with Gasteiger partial charge in [-0.2, -0.15) is 0 Å². The molecule has 1 heterocycles. The van der Waals surface area contributed by atoms with Crippen LogP contribution in [0.15, 0.2) is 60.4 Å². The van der Waals surface area contributed by atoms with E-state index in [9.17, 15) is 4.79 Å². The number of aliphatic hydroxyl groups is 1. The SMILES string of the molecule is CC(=O)/C=C(/C)O.COc1ccc2nc(-c3[c-]ccc(C)c3)ccc2c1.[Ir]. The molecule has 1 N–H and O–H groups in total. The minimum atomic E-state index is -0.125. The summed E-state index contributed by atoms with van der Waals surface area (Å²) in [5.41, 5.74) is 4.15. The summed E-state index contributed by atoms with van der Waals surface area (Å²) in [6.45, 7) is 4.92. The quantitative estimate of drug-likeness (QED) is 0.287. The Balaban J connectivity index is 0.000000395. The van der Waals surface area contributed by atoms with Gasteiger partial charge >= 0.3 is 0 Å². The van der Waals surface area contributed by atoms with Gasteiger partial charge in [-0.05, 0) is 37.7 Å². The molecule has 0 spiro atoms. The molecule has 5 heteroatoms. The number of aryl methyl sites for hydroxylation is 1. The van der Waals surface area contributed by atoms with Crippen LogP contribution in [-0.2, 0) is 24.9 Å². The van der Waals surface area contributed by atoms with E-state index in [-0.39, 0.29) is 31.6 Å². The van der Waals surface area contributed by atoms with Gasteiger partial charge in [0.25, 0.3) is 0 Å². The van der Waals surface area contributed by atoms with Crippen molar-refractivity contribution < 1.29 is 34.7 Å². The van der Waals surface area contributed by atoms with Crippen LogP contribution in [0.3, 0.4) is 0 Å². The molecule has 0 aliphatic carbocycles. The largest absolute Gasteiger partial charge is 0.512 e. The first-order chi connectivity index (χ1) is 12.4. The van der Waals surface area contributed by atoms with Gasteiger partial charge in [-0.25, -0.2) is 0 Å². The Morgan fingerprint density at radius 2 is 1.89 bits per heavy atom. The fraction of sp³-hybridized carbons (Fsp3) is 0.182. The van der Waals surface area contributed by atoms with E-state index in [1.54, 1.807) is 7.11 Å². The average molecular weight is 541 g/mol. The van der Waals surface area contributed by atoms with Crippen molar-refractivity contribution in [2.75, 3.05) is 7.11 Å². The van der Waals surface area contributed by atoms with Crippen LogP contribution in [0.4, 0.5) is 0 Å². The molecule has 0 saturated heterocycles. The van der Waals surface area contributed by atoms with E-state index >= 15 is 0 Å². The predicted molar refractivity (Wildman–Crippen MR) is 104 cm³/mol. The maximum Gasteiger partial charge on any atom is 0.155 e. The van der Waals surface area contributed by atoms with Crippen LogP contribution in [0.1, 0.15) is 19.4 Å². The smallest absolute Gasteiger partial charge is 0.155 e. The van der Waals surface area contributed by atoms with Gasteiger partial charge in [0.1, 0.15) is 5.75 Å². The van der Waals surface area contributed by atoms with Gasteiger partial charge in [0.15, 0.2) is 5.78 Å². The first-order valence-corrected chi connectivity index (χ1v) is 8.20. The topological polar surface area (TPSA) is 59.4 Å². The number of benzene rings is 2. The number of allylic oxidation sites excluding steroid dienone is 2. The molecule has 0 saturated carbocycles. The number of fused-ring (bicyclic) bond motifs is 1. The van der Waals surface area contributed by atoms with Crippen molar-refractivity contribution in [2.24, 2.45) is 0 Å². The number of hydrogen-bond donors (Lipinski definition) is 1. The number of rotatable bonds is 3. The fourth-order valence-electron chi connectivity index (χ4n) is 2.40. The number of nitrogens with zero attached hydrogens (tertiary/aromatic N) is 1. The molecule has 0 aliphatic heterocycles. The van der Waals surface area contributed by atoms with Gasteiger partial charge in [-0.15, -0.1) is 35.4 Å². The summed E-state index contributed by atoms with van der Waals surface area (Å²) in [5, 5.41) is 9.44. The average Bonchev–Trinajstić information content (AvgIpc) is 2.60. The Kier molecular flexibility index (Phi) is 8.86. The molecule has 1 aromatic heterocycles. The molecular weight excluding hydrogens is 518 g/mol. The Morgan fingerprint density at radius 1 is 1.15 bits per heavy atom.